The molecule has 4 heteroatoms. The summed E-state index contributed by atoms with van der Waals surface area (Å²) in [7, 11) is 0. The molecule has 0 aliphatic heterocycles. The van der Waals surface area contributed by atoms with Crippen LogP contribution in [0.1, 0.15) is 41.0 Å². The molecule has 0 saturated heterocycles. The van der Waals surface area contributed by atoms with E-state index in [1.165, 1.54) is 0 Å². The van der Waals surface area contributed by atoms with Crippen molar-refractivity contribution in [2.45, 2.75) is 51.3 Å². The Hall–Kier alpha value is -0.510. The van der Waals surface area contributed by atoms with Crippen molar-refractivity contribution in [2.75, 3.05) is 5.75 Å². The molecule has 1 aromatic heterocycles. The number of aromatic nitrogens is 3. The zero-order valence-electron chi connectivity index (χ0n) is 10.3. The fourth-order valence-corrected chi connectivity index (χ4v) is 3.33. The molecule has 1 heterocycles. The normalized spacial score (nSPS) is 13.1. The molecule has 0 radical (unpaired) electrons. The predicted molar refractivity (Wildman–Crippen MR) is 66.2 cm³/mol. The molecular weight excluding hydrogens is 206 g/mol. The molecule has 0 amide bonds. The van der Waals surface area contributed by atoms with Crippen molar-refractivity contribution in [3.63, 3.8) is 0 Å². The zero-order valence-corrected chi connectivity index (χ0v) is 11.1. The Morgan fingerprint density at radius 3 is 2.40 bits per heavy atom. The third-order valence-corrected chi connectivity index (χ3v) is 3.65. The highest BCUT2D eigenvalue weighted by atomic mass is 32.2. The van der Waals surface area contributed by atoms with Gasteiger partial charge in [-0.05, 0) is 26.0 Å². The summed E-state index contributed by atoms with van der Waals surface area (Å²) in [6.45, 7) is 11.2. The van der Waals surface area contributed by atoms with E-state index in [1.54, 1.807) is 6.20 Å². The summed E-state index contributed by atoms with van der Waals surface area (Å²) in [4.78, 5) is 0. The molecule has 1 aromatic rings. The Bertz CT molecular complexity index is 291. The van der Waals surface area contributed by atoms with Gasteiger partial charge in [-0.25, -0.2) is 4.68 Å². The number of rotatable bonds is 5. The van der Waals surface area contributed by atoms with Crippen LogP contribution < -0.4 is 0 Å². The molecular formula is C11H21N3S. The lowest BCUT2D eigenvalue weighted by Gasteiger charge is -2.34. The summed E-state index contributed by atoms with van der Waals surface area (Å²) >= 11 is 2.00. The third kappa shape index (κ3) is 3.52. The number of hydrogen-bond acceptors (Lipinski definition) is 3. The molecule has 0 fully saturated rings. The first-order valence-electron chi connectivity index (χ1n) is 5.38. The van der Waals surface area contributed by atoms with Crippen molar-refractivity contribution in [3.8, 4) is 0 Å². The highest BCUT2D eigenvalue weighted by molar-refractivity contribution is 8.00. The van der Waals surface area contributed by atoms with Crippen LogP contribution in [0, 0.1) is 0 Å². The molecule has 0 N–H and O–H groups in total. The highest BCUT2D eigenvalue weighted by Crippen LogP contribution is 2.35. The lowest BCUT2D eigenvalue weighted by Crippen LogP contribution is -2.34. The van der Waals surface area contributed by atoms with E-state index >= 15 is 0 Å². The van der Waals surface area contributed by atoms with Crippen LogP contribution in [0.3, 0.4) is 0 Å². The standard InChI is InChI=1S/C11H21N3S/c1-6-15-11(4,5)9-10(2,3)14-8-7-12-13-14/h7-8H,6,9H2,1-5H3. The Balaban J connectivity index is 2.72. The fraction of sp³-hybridized carbons (Fsp3) is 0.818. The maximum absolute atomic E-state index is 4.09. The minimum atomic E-state index is 0.0299. The smallest absolute Gasteiger partial charge is 0.0693 e. The summed E-state index contributed by atoms with van der Waals surface area (Å²) in [6.07, 6.45) is 4.76. The second-order valence-electron chi connectivity index (χ2n) is 5.03. The van der Waals surface area contributed by atoms with Gasteiger partial charge < -0.3 is 0 Å². The largest absolute Gasteiger partial charge is 0.247 e. The molecule has 0 aliphatic carbocycles. The topological polar surface area (TPSA) is 30.7 Å². The quantitative estimate of drug-likeness (QED) is 0.775. The van der Waals surface area contributed by atoms with Gasteiger partial charge in [-0.15, -0.1) is 5.10 Å². The van der Waals surface area contributed by atoms with Gasteiger partial charge in [-0.3, -0.25) is 0 Å². The number of nitrogens with zero attached hydrogens (tertiary/aromatic N) is 3. The van der Waals surface area contributed by atoms with E-state index in [1.807, 2.05) is 22.6 Å². The summed E-state index contributed by atoms with van der Waals surface area (Å²) in [5.74, 6) is 1.15. The number of thioether (sulfide) groups is 1. The van der Waals surface area contributed by atoms with Crippen LogP contribution in [0.4, 0.5) is 0 Å². The van der Waals surface area contributed by atoms with Gasteiger partial charge in [0.05, 0.1) is 11.7 Å². The number of hydrogen-bond donors (Lipinski definition) is 0. The minimum Gasteiger partial charge on any atom is -0.247 e. The van der Waals surface area contributed by atoms with Crippen LogP contribution in [0.15, 0.2) is 12.4 Å². The van der Waals surface area contributed by atoms with Gasteiger partial charge in [0.1, 0.15) is 0 Å². The summed E-state index contributed by atoms with van der Waals surface area (Å²) < 4.78 is 2.23. The SMILES string of the molecule is CCSC(C)(C)CC(C)(C)n1ccnn1. The second-order valence-corrected chi connectivity index (χ2v) is 7.00. The predicted octanol–water partition coefficient (Wildman–Crippen LogP) is 2.94. The van der Waals surface area contributed by atoms with E-state index in [4.69, 9.17) is 0 Å². The molecule has 0 saturated carbocycles. The minimum absolute atomic E-state index is 0.0299. The molecule has 0 unspecified atom stereocenters. The van der Waals surface area contributed by atoms with Crippen molar-refractivity contribution >= 4 is 11.8 Å². The molecule has 0 aliphatic rings. The molecule has 1 rings (SSSR count). The maximum atomic E-state index is 4.09. The Kier molecular flexibility index (Phi) is 3.82. The van der Waals surface area contributed by atoms with Gasteiger partial charge in [0, 0.05) is 10.9 Å². The molecule has 86 valence electrons. The van der Waals surface area contributed by atoms with Gasteiger partial charge in [-0.1, -0.05) is 26.0 Å². The fourth-order valence-electron chi connectivity index (χ4n) is 2.10. The van der Waals surface area contributed by atoms with Crippen LogP contribution in [0.5, 0.6) is 0 Å². The molecule has 15 heavy (non-hydrogen) atoms. The Labute approximate surface area is 96.6 Å². The summed E-state index contributed by atoms with van der Waals surface area (Å²) in [5, 5.41) is 7.96. The maximum Gasteiger partial charge on any atom is 0.0693 e. The monoisotopic (exact) mass is 227 g/mol. The third-order valence-electron chi connectivity index (χ3n) is 2.44. The highest BCUT2D eigenvalue weighted by Gasteiger charge is 2.30. The molecule has 0 aromatic carbocycles. The molecule has 0 spiro atoms. The first-order chi connectivity index (χ1) is 6.87. The first-order valence-corrected chi connectivity index (χ1v) is 6.37. The van der Waals surface area contributed by atoms with Crippen molar-refractivity contribution < 1.29 is 0 Å². The van der Waals surface area contributed by atoms with E-state index in [0.29, 0.717) is 0 Å². The van der Waals surface area contributed by atoms with E-state index in [0.717, 1.165) is 12.2 Å². The van der Waals surface area contributed by atoms with E-state index < -0.39 is 0 Å². The average Bonchev–Trinajstić information content (AvgIpc) is 2.52. The van der Waals surface area contributed by atoms with Gasteiger partial charge in [-0.2, -0.15) is 11.8 Å². The van der Waals surface area contributed by atoms with Crippen molar-refractivity contribution in [1.29, 1.82) is 0 Å². The Morgan fingerprint density at radius 2 is 1.93 bits per heavy atom. The zero-order chi connectivity index (χ0) is 11.5. The van der Waals surface area contributed by atoms with Crippen LogP contribution in [-0.2, 0) is 5.54 Å². The Morgan fingerprint density at radius 1 is 1.27 bits per heavy atom. The van der Waals surface area contributed by atoms with Crippen LogP contribution in [0.2, 0.25) is 0 Å². The van der Waals surface area contributed by atoms with Crippen LogP contribution in [0.25, 0.3) is 0 Å². The first kappa shape index (κ1) is 12.6. The average molecular weight is 227 g/mol. The van der Waals surface area contributed by atoms with E-state index in [9.17, 15) is 0 Å². The summed E-state index contributed by atoms with van der Waals surface area (Å²) in [5.41, 5.74) is 0.0299. The molecule has 3 nitrogen and oxygen atoms in total. The lowest BCUT2D eigenvalue weighted by molar-refractivity contribution is 0.266. The van der Waals surface area contributed by atoms with Gasteiger partial charge in [0.15, 0.2) is 0 Å². The van der Waals surface area contributed by atoms with Crippen molar-refractivity contribution in [1.82, 2.24) is 15.0 Å². The lowest BCUT2D eigenvalue weighted by atomic mass is 9.92. The van der Waals surface area contributed by atoms with E-state index in [-0.39, 0.29) is 10.3 Å². The molecule has 0 atom stereocenters. The van der Waals surface area contributed by atoms with Gasteiger partial charge in [0.2, 0.25) is 0 Å². The second kappa shape index (κ2) is 4.56. The molecule has 0 bridgehead atoms. The van der Waals surface area contributed by atoms with E-state index in [2.05, 4.69) is 44.9 Å². The van der Waals surface area contributed by atoms with Crippen molar-refractivity contribution in [3.05, 3.63) is 12.4 Å². The van der Waals surface area contributed by atoms with Gasteiger partial charge >= 0.3 is 0 Å². The van der Waals surface area contributed by atoms with Crippen LogP contribution in [-0.4, -0.2) is 25.5 Å². The van der Waals surface area contributed by atoms with Crippen molar-refractivity contribution in [2.24, 2.45) is 0 Å². The summed E-state index contributed by atoms with van der Waals surface area (Å²) in [6, 6.07) is 0. The van der Waals surface area contributed by atoms with Gasteiger partial charge in [0.25, 0.3) is 0 Å². The van der Waals surface area contributed by atoms with Crippen LogP contribution >= 0.6 is 11.8 Å².